The van der Waals surface area contributed by atoms with E-state index in [4.69, 9.17) is 0 Å². The fourth-order valence-corrected chi connectivity index (χ4v) is 2.72. The van der Waals surface area contributed by atoms with Gasteiger partial charge >= 0.3 is 5.66 Å². The maximum atomic E-state index is 13.2. The van der Waals surface area contributed by atoms with Gasteiger partial charge < -0.3 is 10.1 Å². The van der Waals surface area contributed by atoms with E-state index >= 15 is 0 Å². The van der Waals surface area contributed by atoms with E-state index in [1.165, 1.54) is 15.4 Å². The second kappa shape index (κ2) is 6.07. The van der Waals surface area contributed by atoms with E-state index in [1.807, 2.05) is 0 Å². The summed E-state index contributed by atoms with van der Waals surface area (Å²) >= 11 is 1.05. The molecular weight excluding hydrogens is 319 g/mol. The maximum absolute atomic E-state index is 13.2. The molecule has 112 valence electrons. The van der Waals surface area contributed by atoms with Crippen LogP contribution in [0.3, 0.4) is 0 Å². The minimum Gasteiger partial charge on any atom is -0.506 e. The molecule has 5 nitrogen and oxygen atoms in total. The molecule has 9 heteroatoms. The highest BCUT2D eigenvalue weighted by atomic mass is 32.2. The third kappa shape index (κ3) is 3.98. The van der Waals surface area contributed by atoms with Crippen LogP contribution in [0.4, 0.5) is 8.78 Å². The number of aromatic hydroxyl groups is 1. The molecule has 0 aliphatic rings. The molecule has 0 bridgehead atoms. The van der Waals surface area contributed by atoms with E-state index in [0.717, 1.165) is 23.4 Å². The lowest BCUT2D eigenvalue weighted by atomic mass is 10.2. The Labute approximate surface area is 125 Å². The Morgan fingerprint density at radius 3 is 2.81 bits per heavy atom. The molecule has 0 amide bonds. The largest absolute Gasteiger partial charge is 0.506 e. The van der Waals surface area contributed by atoms with Gasteiger partial charge in [0.05, 0.1) is 6.20 Å². The summed E-state index contributed by atoms with van der Waals surface area (Å²) in [6, 6.07) is 0.756. The van der Waals surface area contributed by atoms with Crippen LogP contribution in [0.2, 0.25) is 0 Å². The predicted molar refractivity (Wildman–Crippen MR) is 78.7 cm³/mol. The molecule has 0 saturated carbocycles. The van der Waals surface area contributed by atoms with Crippen LogP contribution in [0.25, 0.3) is 0 Å². The molecule has 2 rings (SSSR count). The highest BCUT2D eigenvalue weighted by molar-refractivity contribution is 7.98. The van der Waals surface area contributed by atoms with Gasteiger partial charge in [-0.2, -0.15) is 8.78 Å². The van der Waals surface area contributed by atoms with Crippen LogP contribution in [0, 0.1) is 6.92 Å². The summed E-state index contributed by atoms with van der Waals surface area (Å²) in [5.74, 6) is 0.284. The second-order valence-corrected chi connectivity index (χ2v) is 5.99. The van der Waals surface area contributed by atoms with E-state index in [-0.39, 0.29) is 16.7 Å². The van der Waals surface area contributed by atoms with Crippen LogP contribution < -0.4 is 5.56 Å². The summed E-state index contributed by atoms with van der Waals surface area (Å²) in [5, 5.41) is 9.78. The molecule has 0 aliphatic carbocycles. The molecule has 0 spiro atoms. The van der Waals surface area contributed by atoms with E-state index in [2.05, 4.69) is 15.0 Å². The lowest BCUT2D eigenvalue weighted by Crippen LogP contribution is -2.15. The summed E-state index contributed by atoms with van der Waals surface area (Å²) < 4.78 is 26.4. The number of thioether (sulfide) groups is 1. The van der Waals surface area contributed by atoms with Gasteiger partial charge in [-0.3, -0.25) is 9.78 Å². The number of rotatable bonds is 4. The fraction of sp³-hybridized carbons (Fsp3) is 0.250. The van der Waals surface area contributed by atoms with Crippen LogP contribution >= 0.6 is 21.0 Å². The van der Waals surface area contributed by atoms with Crippen molar-refractivity contribution in [2.24, 2.45) is 0 Å². The van der Waals surface area contributed by atoms with Gasteiger partial charge in [-0.25, -0.2) is 4.98 Å². The van der Waals surface area contributed by atoms with Crippen LogP contribution in [-0.4, -0.2) is 20.1 Å². The summed E-state index contributed by atoms with van der Waals surface area (Å²) in [5.41, 5.74) is -3.16. The lowest BCUT2D eigenvalue weighted by Gasteiger charge is -2.11. The van der Waals surface area contributed by atoms with Crippen molar-refractivity contribution < 1.29 is 13.9 Å². The number of halogens is 2. The maximum Gasteiger partial charge on any atom is 0.300 e. The standard InChI is InChI=1S/C12H12F2N3O2PS/c1-6-3-15-4-8(18)7(6)5-21-11-16-9(12(13,14)20)2-10(19)17-11/h2-4,18H,5,20H2,1H3,(H,16,17,19). The first-order chi connectivity index (χ1) is 9.77. The van der Waals surface area contributed by atoms with E-state index in [0.29, 0.717) is 5.56 Å². The van der Waals surface area contributed by atoms with Crippen LogP contribution in [0.1, 0.15) is 16.8 Å². The Morgan fingerprint density at radius 2 is 2.19 bits per heavy atom. The Morgan fingerprint density at radius 1 is 1.48 bits per heavy atom. The molecular formula is C12H12F2N3O2PS. The van der Waals surface area contributed by atoms with E-state index < -0.39 is 16.9 Å². The lowest BCUT2D eigenvalue weighted by molar-refractivity contribution is 0.0974. The molecule has 2 N–H and O–H groups in total. The van der Waals surface area contributed by atoms with Gasteiger partial charge in [0.15, 0.2) is 5.16 Å². The fourth-order valence-electron chi connectivity index (χ4n) is 1.58. The van der Waals surface area contributed by atoms with Gasteiger partial charge in [-0.1, -0.05) is 21.0 Å². The summed E-state index contributed by atoms with van der Waals surface area (Å²) in [6.45, 7) is 1.77. The summed E-state index contributed by atoms with van der Waals surface area (Å²) in [4.78, 5) is 21.3. The van der Waals surface area contributed by atoms with Crippen molar-refractivity contribution in [3.05, 3.63) is 45.6 Å². The summed E-state index contributed by atoms with van der Waals surface area (Å²) in [7, 11) is 1.34. The first kappa shape index (κ1) is 15.9. The van der Waals surface area contributed by atoms with Gasteiger partial charge in [0.2, 0.25) is 0 Å². The first-order valence-corrected chi connectivity index (χ1v) is 7.37. The van der Waals surface area contributed by atoms with Crippen LogP contribution in [-0.2, 0) is 11.4 Å². The van der Waals surface area contributed by atoms with Gasteiger partial charge in [-0.05, 0) is 12.5 Å². The Hall–Kier alpha value is -1.53. The number of hydrogen-bond acceptors (Lipinski definition) is 5. The Kier molecular flexibility index (Phi) is 4.58. The zero-order chi connectivity index (χ0) is 15.6. The number of alkyl halides is 2. The van der Waals surface area contributed by atoms with Crippen molar-refractivity contribution in [1.29, 1.82) is 0 Å². The zero-order valence-corrected chi connectivity index (χ0v) is 12.9. The predicted octanol–water partition coefficient (Wildman–Crippen LogP) is 2.40. The van der Waals surface area contributed by atoms with Gasteiger partial charge in [0.25, 0.3) is 5.56 Å². The molecule has 2 aromatic rings. The number of H-pyrrole nitrogens is 1. The first-order valence-electron chi connectivity index (χ1n) is 5.81. The average Bonchev–Trinajstić information content (AvgIpc) is 2.36. The second-order valence-electron chi connectivity index (χ2n) is 4.30. The summed E-state index contributed by atoms with van der Waals surface area (Å²) in [6.07, 6.45) is 2.88. The van der Waals surface area contributed by atoms with Gasteiger partial charge in [-0.15, -0.1) is 0 Å². The highest BCUT2D eigenvalue weighted by Gasteiger charge is 2.27. The van der Waals surface area contributed by atoms with Crippen molar-refractivity contribution in [2.75, 3.05) is 0 Å². The van der Waals surface area contributed by atoms with Crippen molar-refractivity contribution in [3.8, 4) is 5.75 Å². The third-order valence-corrected chi connectivity index (χ3v) is 3.86. The highest BCUT2D eigenvalue weighted by Crippen LogP contribution is 2.34. The monoisotopic (exact) mass is 331 g/mol. The third-order valence-electron chi connectivity index (χ3n) is 2.66. The van der Waals surface area contributed by atoms with Crippen LogP contribution in [0.5, 0.6) is 5.75 Å². The number of aromatic nitrogens is 3. The average molecular weight is 331 g/mol. The molecule has 0 fully saturated rings. The molecule has 0 aliphatic heterocycles. The number of nitrogens with zero attached hydrogens (tertiary/aromatic N) is 2. The minimum atomic E-state index is -3.27. The number of pyridine rings is 1. The number of nitrogens with one attached hydrogen (secondary N) is 1. The minimum absolute atomic E-state index is 0.0115. The zero-order valence-electron chi connectivity index (χ0n) is 10.9. The number of aromatic amines is 1. The molecule has 21 heavy (non-hydrogen) atoms. The molecule has 1 atom stereocenters. The molecule has 1 unspecified atom stereocenters. The SMILES string of the molecule is Cc1cncc(O)c1CSc1nc(C(F)(F)P)cc(=O)[nH]1. The van der Waals surface area contributed by atoms with Crippen molar-refractivity contribution in [1.82, 2.24) is 15.0 Å². The van der Waals surface area contributed by atoms with Crippen molar-refractivity contribution in [3.63, 3.8) is 0 Å². The smallest absolute Gasteiger partial charge is 0.300 e. The molecule has 0 radical (unpaired) electrons. The normalized spacial score (nSPS) is 11.6. The van der Waals surface area contributed by atoms with Gasteiger partial charge in [0.1, 0.15) is 11.4 Å². The number of aryl methyl sites for hydroxylation is 1. The Balaban J connectivity index is 2.25. The molecule has 2 aromatic heterocycles. The quantitative estimate of drug-likeness (QED) is 0.511. The molecule has 0 saturated heterocycles. The Bertz CT molecular complexity index is 698. The topological polar surface area (TPSA) is 78.9 Å². The number of hydrogen-bond donors (Lipinski definition) is 2. The van der Waals surface area contributed by atoms with E-state index in [9.17, 15) is 18.7 Å². The molecule has 0 aromatic carbocycles. The van der Waals surface area contributed by atoms with Crippen molar-refractivity contribution in [2.45, 2.75) is 23.5 Å². The molecule has 2 heterocycles. The van der Waals surface area contributed by atoms with Crippen LogP contribution in [0.15, 0.2) is 28.4 Å². The van der Waals surface area contributed by atoms with E-state index in [1.54, 1.807) is 13.1 Å². The van der Waals surface area contributed by atoms with Gasteiger partial charge in [0, 0.05) is 23.6 Å². The van der Waals surface area contributed by atoms with Crippen molar-refractivity contribution >= 4 is 21.0 Å².